The first kappa shape index (κ1) is 23.0. The molecule has 2 aliphatic heterocycles. The lowest BCUT2D eigenvalue weighted by Gasteiger charge is -2.36. The number of fused-ring (bicyclic) bond motifs is 4. The first-order valence-electron chi connectivity index (χ1n) is 12.4. The van der Waals surface area contributed by atoms with Crippen LogP contribution in [-0.2, 0) is 19.7 Å². The van der Waals surface area contributed by atoms with Crippen LogP contribution in [0.2, 0.25) is 0 Å². The Kier molecular flexibility index (Phi) is 5.00. The number of aromatic nitrogens is 6. The first-order chi connectivity index (χ1) is 19.0. The molecule has 0 saturated heterocycles. The van der Waals surface area contributed by atoms with E-state index in [1.807, 2.05) is 0 Å². The van der Waals surface area contributed by atoms with Crippen molar-refractivity contribution in [3.8, 4) is 11.4 Å². The van der Waals surface area contributed by atoms with Gasteiger partial charge in [-0.1, -0.05) is 42.5 Å². The third-order valence-corrected chi connectivity index (χ3v) is 7.34. The second-order valence-corrected chi connectivity index (χ2v) is 9.41. The van der Waals surface area contributed by atoms with E-state index in [2.05, 4.69) is 0 Å². The van der Waals surface area contributed by atoms with Crippen LogP contribution in [0.1, 0.15) is 23.6 Å². The minimum absolute atomic E-state index is 0.0536. The summed E-state index contributed by atoms with van der Waals surface area (Å²) in [5.74, 6) is 0.611. The third kappa shape index (κ3) is 3.21. The van der Waals surface area contributed by atoms with Crippen LogP contribution in [0, 0.1) is 0 Å². The molecule has 5 heterocycles. The number of aliphatic hydroxyl groups is 1. The normalized spacial score (nSPS) is 17.8. The minimum atomic E-state index is -0.884. The van der Waals surface area contributed by atoms with E-state index >= 15 is 0 Å². The van der Waals surface area contributed by atoms with Crippen LogP contribution in [0.25, 0.3) is 11.4 Å². The Hall–Kier alpha value is -5.10. The Morgan fingerprint density at radius 3 is 1.90 bits per heavy atom. The molecular weight excluding hydrogens is 504 g/mol. The molecule has 2 aliphatic rings. The van der Waals surface area contributed by atoms with Crippen molar-refractivity contribution in [1.82, 2.24) is 27.9 Å². The van der Waals surface area contributed by atoms with E-state index in [4.69, 9.17) is 4.42 Å². The van der Waals surface area contributed by atoms with Gasteiger partial charge >= 0.3 is 22.8 Å². The number of furan rings is 1. The molecule has 0 spiro atoms. The van der Waals surface area contributed by atoms with Gasteiger partial charge in [-0.2, -0.15) is 0 Å². The summed E-state index contributed by atoms with van der Waals surface area (Å²) in [5, 5.41) is 9.61. The summed E-state index contributed by atoms with van der Waals surface area (Å²) in [5.41, 5.74) is -0.753. The molecular formula is C27H22N6O6. The van der Waals surface area contributed by atoms with Crippen LogP contribution in [0.4, 0.5) is 0 Å². The molecule has 2 aromatic carbocycles. The molecule has 0 amide bonds. The molecule has 0 fully saturated rings. The summed E-state index contributed by atoms with van der Waals surface area (Å²) < 4.78 is 13.4. The van der Waals surface area contributed by atoms with Gasteiger partial charge in [-0.15, -0.1) is 0 Å². The smallest absolute Gasteiger partial charge is 0.352 e. The van der Waals surface area contributed by atoms with Gasteiger partial charge in [-0.05, 0) is 42.0 Å². The van der Waals surface area contributed by atoms with Crippen LogP contribution < -0.4 is 22.8 Å². The van der Waals surface area contributed by atoms with Crippen molar-refractivity contribution in [2.45, 2.75) is 31.8 Å². The number of aliphatic hydroxyl groups excluding tert-OH is 1. The second-order valence-electron chi connectivity index (χ2n) is 9.41. The number of rotatable bonds is 4. The zero-order valence-electron chi connectivity index (χ0n) is 20.5. The molecule has 7 rings (SSSR count). The quantitative estimate of drug-likeness (QED) is 0.345. The second kappa shape index (κ2) is 8.46. The Bertz CT molecular complexity index is 2000. The molecule has 2 atom stereocenters. The van der Waals surface area contributed by atoms with Crippen molar-refractivity contribution < 1.29 is 9.52 Å². The van der Waals surface area contributed by atoms with Crippen LogP contribution in [0.3, 0.4) is 0 Å². The molecule has 196 valence electrons. The maximum atomic E-state index is 13.8. The van der Waals surface area contributed by atoms with Gasteiger partial charge in [0.1, 0.15) is 24.2 Å². The maximum Gasteiger partial charge on any atom is 0.352 e. The average Bonchev–Trinajstić information content (AvgIpc) is 3.62. The van der Waals surface area contributed by atoms with E-state index in [-0.39, 0.29) is 25.5 Å². The minimum Gasteiger partial charge on any atom is -0.461 e. The van der Waals surface area contributed by atoms with E-state index in [0.717, 1.165) is 9.13 Å². The highest BCUT2D eigenvalue weighted by Gasteiger charge is 2.42. The van der Waals surface area contributed by atoms with E-state index in [0.29, 0.717) is 22.7 Å². The molecule has 1 N–H and O–H groups in total. The van der Waals surface area contributed by atoms with Crippen LogP contribution in [0.5, 0.6) is 0 Å². The van der Waals surface area contributed by atoms with Gasteiger partial charge < -0.3 is 9.52 Å². The largest absolute Gasteiger partial charge is 0.461 e. The van der Waals surface area contributed by atoms with Gasteiger partial charge in [-0.25, -0.2) is 47.0 Å². The third-order valence-electron chi connectivity index (χ3n) is 7.34. The predicted molar refractivity (Wildman–Crippen MR) is 138 cm³/mol. The van der Waals surface area contributed by atoms with E-state index < -0.39 is 34.8 Å². The molecule has 0 radical (unpaired) electrons. The highest BCUT2D eigenvalue weighted by molar-refractivity contribution is 5.35. The van der Waals surface area contributed by atoms with E-state index in [9.17, 15) is 24.3 Å². The summed E-state index contributed by atoms with van der Waals surface area (Å²) in [6.45, 7) is -0.314. The summed E-state index contributed by atoms with van der Waals surface area (Å²) in [6, 6.07) is 18.8. The summed E-state index contributed by atoms with van der Waals surface area (Å²) >= 11 is 0. The summed E-state index contributed by atoms with van der Waals surface area (Å²) in [7, 11) is 0. The van der Waals surface area contributed by atoms with Crippen LogP contribution in [-0.4, -0.2) is 33.0 Å². The fourth-order valence-electron chi connectivity index (χ4n) is 5.63. The topological polar surface area (TPSA) is 131 Å². The van der Waals surface area contributed by atoms with Crippen molar-refractivity contribution in [3.63, 3.8) is 0 Å². The van der Waals surface area contributed by atoms with Gasteiger partial charge in [0, 0.05) is 0 Å². The summed E-state index contributed by atoms with van der Waals surface area (Å²) in [6.07, 6.45) is 1.80. The van der Waals surface area contributed by atoms with Crippen molar-refractivity contribution in [1.29, 1.82) is 0 Å². The molecule has 3 aromatic heterocycles. The maximum absolute atomic E-state index is 13.8. The first-order valence-corrected chi connectivity index (χ1v) is 12.4. The Morgan fingerprint density at radius 2 is 1.31 bits per heavy atom. The number of hydrogen-bond acceptors (Lipinski definition) is 6. The SMILES string of the molecule is O=c1n(-c2ccccc2)c(=O)n2n1CC=C1[C@H]2Cn2c(=O)n(-c3ccccc3)c(=O)n2[C@H]1c1ccc(CO)o1. The number of hydrogen-bond donors (Lipinski definition) is 1. The van der Waals surface area contributed by atoms with Gasteiger partial charge in [-0.3, -0.25) is 0 Å². The van der Waals surface area contributed by atoms with Gasteiger partial charge in [0.2, 0.25) is 0 Å². The molecule has 0 bridgehead atoms. The lowest BCUT2D eigenvalue weighted by Crippen LogP contribution is -2.46. The molecule has 0 saturated carbocycles. The molecule has 12 heteroatoms. The van der Waals surface area contributed by atoms with Crippen molar-refractivity contribution in [3.05, 3.63) is 138 Å². The molecule has 5 aromatic rings. The van der Waals surface area contributed by atoms with Gasteiger partial charge in [0.15, 0.2) is 0 Å². The number of para-hydroxylation sites is 2. The zero-order chi connectivity index (χ0) is 26.8. The predicted octanol–water partition coefficient (Wildman–Crippen LogP) is 0.784. The molecule has 0 aliphatic carbocycles. The van der Waals surface area contributed by atoms with Gasteiger partial charge in [0.25, 0.3) is 0 Å². The van der Waals surface area contributed by atoms with Crippen molar-refractivity contribution >= 4 is 0 Å². The van der Waals surface area contributed by atoms with Crippen molar-refractivity contribution in [2.24, 2.45) is 0 Å². The number of benzene rings is 2. The van der Waals surface area contributed by atoms with Crippen molar-refractivity contribution in [2.75, 3.05) is 0 Å². The number of allylic oxidation sites excluding steroid dienone is 2. The molecule has 12 nitrogen and oxygen atoms in total. The average molecular weight is 527 g/mol. The van der Waals surface area contributed by atoms with Crippen LogP contribution >= 0.6 is 0 Å². The number of nitrogens with zero attached hydrogens (tertiary/aromatic N) is 6. The monoisotopic (exact) mass is 526 g/mol. The zero-order valence-corrected chi connectivity index (χ0v) is 20.5. The summed E-state index contributed by atoms with van der Waals surface area (Å²) in [4.78, 5) is 54.6. The fourth-order valence-corrected chi connectivity index (χ4v) is 5.63. The lowest BCUT2D eigenvalue weighted by atomic mass is 9.94. The standard InChI is InChI=1S/C27H22N6O6/c34-16-19-11-12-22(39-19)23-20-13-14-28-24(35)30(17-7-3-1-4-8-17)26(37)32(28)21(20)15-29-25(36)31(27(38)33(23)29)18-9-5-2-6-10-18/h1-13,21,23,34H,14-16H2/t21-,23-/m1/s1. The fraction of sp³-hybridized carbons (Fsp3) is 0.185. The Balaban J connectivity index is 1.49. The van der Waals surface area contributed by atoms with E-state index in [1.165, 1.54) is 18.7 Å². The Morgan fingerprint density at radius 1 is 0.718 bits per heavy atom. The highest BCUT2D eigenvalue weighted by atomic mass is 16.4. The Labute approximate surface area is 218 Å². The molecule has 0 unspecified atom stereocenters. The van der Waals surface area contributed by atoms with Crippen LogP contribution in [0.15, 0.2) is 108 Å². The van der Waals surface area contributed by atoms with Gasteiger partial charge in [0.05, 0.1) is 30.5 Å². The molecule has 39 heavy (non-hydrogen) atoms. The lowest BCUT2D eigenvalue weighted by molar-refractivity contribution is 0.216. The van der Waals surface area contributed by atoms with E-state index in [1.54, 1.807) is 78.9 Å². The highest BCUT2D eigenvalue weighted by Crippen LogP contribution is 2.39.